The average Bonchev–Trinajstić information content (AvgIpc) is 3.73. The van der Waals surface area contributed by atoms with Gasteiger partial charge in [0.15, 0.2) is 5.78 Å². The second-order valence-electron chi connectivity index (χ2n) is 12.0. The van der Waals surface area contributed by atoms with Crippen LogP contribution in [0, 0.1) is 17.8 Å². The molecule has 6 rings (SSSR count). The van der Waals surface area contributed by atoms with E-state index in [0.717, 1.165) is 51.5 Å². The second-order valence-corrected chi connectivity index (χ2v) is 12.0. The van der Waals surface area contributed by atoms with Crippen LogP contribution in [0.5, 0.6) is 0 Å². The highest BCUT2D eigenvalue weighted by atomic mass is 16.5. The van der Waals surface area contributed by atoms with Crippen LogP contribution in [0.1, 0.15) is 60.8 Å². The van der Waals surface area contributed by atoms with Crippen molar-refractivity contribution in [1.29, 1.82) is 0 Å². The van der Waals surface area contributed by atoms with E-state index in [9.17, 15) is 19.5 Å². The number of rotatable bonds is 7. The van der Waals surface area contributed by atoms with Crippen LogP contribution in [-0.4, -0.2) is 52.3 Å². The SMILES string of the molecule is C=CC1=C(C)C2=CC3=NC(=C4C5=NC(=CC6=NC(=CC1=N2)C(C)=C6CC)C(C)=C5C(=O)[C@@H]4C(=O)O)[C@@H](CCC(=O)OCC)[C@@H]3C. The molecule has 1 aliphatic carbocycles. The zero-order valence-corrected chi connectivity index (χ0v) is 26.4. The first kappa shape index (κ1) is 30.2. The fourth-order valence-electron chi connectivity index (χ4n) is 7.05. The van der Waals surface area contributed by atoms with Crippen LogP contribution < -0.4 is 0 Å². The van der Waals surface area contributed by atoms with Crippen LogP contribution in [0.15, 0.2) is 113 Å². The van der Waals surface area contributed by atoms with E-state index in [1.54, 1.807) is 19.9 Å². The van der Waals surface area contributed by atoms with Crippen molar-refractivity contribution in [3.05, 3.63) is 92.7 Å². The number of carboxylic acid groups (broad SMARTS) is 1. The molecule has 0 aromatic carbocycles. The standard InChI is InChI=1S/C36H36N4O5/c1-8-20-16(4)23-13-25-18(6)22(11-12-29(41)45-10-3)33(39-25)31-32(36(43)44)35(42)30-19(7)26(40-34(30)31)15-28-21(9-2)17(5)24(38-28)14-27(20)37-23/h8,13-15,18,22,32H,1,9-12H2,2-7H3,(H,43,44)/t18-,22-,32+/m0/s1. The number of ether oxygens (including phenoxy) is 1. The Balaban J connectivity index is 1.65. The monoisotopic (exact) mass is 604 g/mol. The third-order valence-corrected chi connectivity index (χ3v) is 9.52. The van der Waals surface area contributed by atoms with E-state index in [1.807, 2.05) is 39.0 Å². The maximum Gasteiger partial charge on any atom is 0.319 e. The lowest BCUT2D eigenvalue weighted by Gasteiger charge is -2.19. The van der Waals surface area contributed by atoms with Gasteiger partial charge in [0.25, 0.3) is 0 Å². The molecule has 5 heterocycles. The molecular formula is C36H36N4O5. The fraction of sp³-hybridized carbons (Fsp3) is 0.361. The molecule has 230 valence electrons. The molecule has 1 fully saturated rings. The van der Waals surface area contributed by atoms with E-state index in [4.69, 9.17) is 24.7 Å². The molecule has 45 heavy (non-hydrogen) atoms. The Hall–Kier alpha value is -4.79. The lowest BCUT2D eigenvalue weighted by atomic mass is 9.83. The quantitative estimate of drug-likeness (QED) is 0.275. The molecule has 0 saturated heterocycles. The maximum absolute atomic E-state index is 13.8. The normalized spacial score (nSPS) is 25.3. The van der Waals surface area contributed by atoms with Crippen LogP contribution in [0.3, 0.4) is 0 Å². The van der Waals surface area contributed by atoms with Crippen LogP contribution in [0.2, 0.25) is 0 Å². The zero-order valence-electron chi connectivity index (χ0n) is 26.4. The summed E-state index contributed by atoms with van der Waals surface area (Å²) in [7, 11) is 0. The summed E-state index contributed by atoms with van der Waals surface area (Å²) < 4.78 is 5.21. The topological polar surface area (TPSA) is 130 Å². The van der Waals surface area contributed by atoms with Gasteiger partial charge in [-0.3, -0.25) is 19.4 Å². The number of fused-ring (bicyclic) bond motifs is 4. The Morgan fingerprint density at radius 1 is 0.956 bits per heavy atom. The number of aliphatic imine (C=N–C) groups is 4. The van der Waals surface area contributed by atoms with Gasteiger partial charge in [0, 0.05) is 40.7 Å². The number of allylic oxidation sites excluding steroid dienone is 11. The summed E-state index contributed by atoms with van der Waals surface area (Å²) >= 11 is 0. The van der Waals surface area contributed by atoms with Gasteiger partial charge in [-0.1, -0.05) is 26.5 Å². The number of carbonyl (C=O) groups excluding carboxylic acids is 2. The van der Waals surface area contributed by atoms with Crippen molar-refractivity contribution < 1.29 is 24.2 Å². The van der Waals surface area contributed by atoms with Gasteiger partial charge in [0.2, 0.25) is 0 Å². The average molecular weight is 605 g/mol. The maximum atomic E-state index is 13.8. The Morgan fingerprint density at radius 3 is 2.29 bits per heavy atom. The van der Waals surface area contributed by atoms with Crippen molar-refractivity contribution in [3.63, 3.8) is 0 Å². The van der Waals surface area contributed by atoms with Crippen LogP contribution in [-0.2, 0) is 19.1 Å². The first-order chi connectivity index (χ1) is 21.5. The van der Waals surface area contributed by atoms with Crippen molar-refractivity contribution in [2.75, 3.05) is 6.61 Å². The first-order valence-corrected chi connectivity index (χ1v) is 15.4. The molecule has 0 spiro atoms. The molecule has 5 aliphatic heterocycles. The van der Waals surface area contributed by atoms with E-state index >= 15 is 0 Å². The van der Waals surface area contributed by atoms with Crippen LogP contribution in [0.4, 0.5) is 0 Å². The van der Waals surface area contributed by atoms with E-state index in [0.29, 0.717) is 46.0 Å². The molecule has 8 bridgehead atoms. The molecule has 0 radical (unpaired) electrons. The second kappa shape index (κ2) is 11.3. The van der Waals surface area contributed by atoms with Crippen LogP contribution >= 0.6 is 0 Å². The van der Waals surface area contributed by atoms with Gasteiger partial charge in [0.05, 0.1) is 46.5 Å². The Bertz CT molecular complexity index is 1860. The number of hydrogen-bond acceptors (Lipinski definition) is 8. The molecule has 9 nitrogen and oxygen atoms in total. The zero-order chi connectivity index (χ0) is 32.3. The third kappa shape index (κ3) is 4.72. The van der Waals surface area contributed by atoms with Crippen LogP contribution in [0.25, 0.3) is 0 Å². The van der Waals surface area contributed by atoms with Gasteiger partial charge >= 0.3 is 11.9 Å². The molecule has 0 amide bonds. The van der Waals surface area contributed by atoms with Crippen molar-refractivity contribution in [2.24, 2.45) is 37.7 Å². The van der Waals surface area contributed by atoms with E-state index in [2.05, 4.69) is 13.5 Å². The number of Topliss-reactive ketones (excluding diaryl/α,β-unsaturated/α-hetero) is 1. The number of esters is 1. The van der Waals surface area contributed by atoms with Gasteiger partial charge in [-0.25, -0.2) is 15.0 Å². The highest BCUT2D eigenvalue weighted by Crippen LogP contribution is 2.47. The van der Waals surface area contributed by atoms with Crippen molar-refractivity contribution >= 4 is 40.6 Å². The Morgan fingerprint density at radius 2 is 1.62 bits per heavy atom. The number of hydrogen-bond donors (Lipinski definition) is 1. The van der Waals surface area contributed by atoms with E-state index in [1.165, 1.54) is 0 Å². The number of nitrogens with zero attached hydrogens (tertiary/aromatic N) is 4. The Kier molecular flexibility index (Phi) is 7.59. The van der Waals surface area contributed by atoms with Crippen molar-refractivity contribution in [3.8, 4) is 0 Å². The summed E-state index contributed by atoms with van der Waals surface area (Å²) in [5.41, 5.74) is 10.3. The first-order valence-electron chi connectivity index (χ1n) is 15.4. The highest BCUT2D eigenvalue weighted by molar-refractivity contribution is 6.42. The molecule has 0 unspecified atom stereocenters. The molecular weight excluding hydrogens is 568 g/mol. The summed E-state index contributed by atoms with van der Waals surface area (Å²) in [6.07, 6.45) is 8.83. The smallest absolute Gasteiger partial charge is 0.319 e. The number of ketones is 1. The Labute approximate surface area is 262 Å². The summed E-state index contributed by atoms with van der Waals surface area (Å²) in [6, 6.07) is 0. The molecule has 6 aliphatic rings. The lowest BCUT2D eigenvalue weighted by Crippen LogP contribution is -2.23. The number of carboxylic acids is 1. The fourth-order valence-corrected chi connectivity index (χ4v) is 7.05. The molecule has 0 aromatic heterocycles. The van der Waals surface area contributed by atoms with Gasteiger partial charge < -0.3 is 9.84 Å². The summed E-state index contributed by atoms with van der Waals surface area (Å²) in [4.78, 5) is 58.9. The predicted molar refractivity (Wildman–Crippen MR) is 174 cm³/mol. The highest BCUT2D eigenvalue weighted by Gasteiger charge is 2.51. The van der Waals surface area contributed by atoms with Gasteiger partial charge in [0.1, 0.15) is 5.92 Å². The minimum Gasteiger partial charge on any atom is -0.480 e. The minimum absolute atomic E-state index is 0.130. The van der Waals surface area contributed by atoms with Gasteiger partial charge in [-0.15, -0.1) is 0 Å². The lowest BCUT2D eigenvalue weighted by molar-refractivity contribution is -0.144. The van der Waals surface area contributed by atoms with E-state index in [-0.39, 0.29) is 30.8 Å². The molecule has 1 N–H and O–H groups in total. The molecule has 0 aromatic rings. The number of carbonyl (C=O) groups is 3. The summed E-state index contributed by atoms with van der Waals surface area (Å²) in [5.74, 6) is -4.06. The predicted octanol–water partition coefficient (Wildman–Crippen LogP) is 6.15. The molecule has 3 atom stereocenters. The molecule has 1 saturated carbocycles. The largest absolute Gasteiger partial charge is 0.480 e. The third-order valence-electron chi connectivity index (χ3n) is 9.52. The van der Waals surface area contributed by atoms with Gasteiger partial charge in [-0.05, 0) is 81.1 Å². The summed E-state index contributed by atoms with van der Waals surface area (Å²) in [5, 5.41) is 10.4. The van der Waals surface area contributed by atoms with E-state index < -0.39 is 17.7 Å². The minimum atomic E-state index is -1.44. The van der Waals surface area contributed by atoms with Crippen molar-refractivity contribution in [2.45, 2.75) is 60.8 Å². The van der Waals surface area contributed by atoms with Crippen molar-refractivity contribution in [1.82, 2.24) is 0 Å². The number of aliphatic carboxylic acids is 1. The van der Waals surface area contributed by atoms with Gasteiger partial charge in [-0.2, -0.15) is 0 Å². The summed E-state index contributed by atoms with van der Waals surface area (Å²) in [6.45, 7) is 16.0. The molecule has 9 heteroatoms.